The highest BCUT2D eigenvalue weighted by Crippen LogP contribution is 2.32. The molecule has 100 valence electrons. The summed E-state index contributed by atoms with van der Waals surface area (Å²) >= 11 is 1.55. The van der Waals surface area contributed by atoms with Crippen molar-refractivity contribution in [3.05, 3.63) is 47.4 Å². The molecule has 0 unspecified atom stereocenters. The fraction of sp³-hybridized carbons (Fsp3) is 0.214. The molecule has 0 amide bonds. The maximum atomic E-state index is 10.9. The summed E-state index contributed by atoms with van der Waals surface area (Å²) in [6, 6.07) is 9.44. The zero-order chi connectivity index (χ0) is 13.8. The van der Waals surface area contributed by atoms with Gasteiger partial charge in [0.2, 0.25) is 5.76 Å². The highest BCUT2D eigenvalue weighted by molar-refractivity contribution is 7.98. The summed E-state index contributed by atoms with van der Waals surface area (Å²) in [5.74, 6) is 0.982. The van der Waals surface area contributed by atoms with E-state index in [4.69, 9.17) is 14.3 Å². The van der Waals surface area contributed by atoms with Crippen LogP contribution in [0.4, 0.5) is 0 Å². The van der Waals surface area contributed by atoms with Gasteiger partial charge in [0, 0.05) is 10.5 Å². The van der Waals surface area contributed by atoms with Gasteiger partial charge in [-0.15, -0.1) is 11.8 Å². The minimum absolute atomic E-state index is 0.00984. The number of aryl methyl sites for hydroxylation is 1. The van der Waals surface area contributed by atoms with Gasteiger partial charge in [-0.2, -0.15) is 0 Å². The average Bonchev–Trinajstić information content (AvgIpc) is 2.78. The molecule has 5 heteroatoms. The summed E-state index contributed by atoms with van der Waals surface area (Å²) in [6.45, 7) is 1.73. The van der Waals surface area contributed by atoms with Crippen LogP contribution in [0.15, 0.2) is 39.6 Å². The van der Waals surface area contributed by atoms with Gasteiger partial charge >= 0.3 is 5.97 Å². The molecule has 1 aromatic heterocycles. The highest BCUT2D eigenvalue weighted by Gasteiger charge is 2.14. The van der Waals surface area contributed by atoms with Crippen molar-refractivity contribution in [2.75, 3.05) is 7.11 Å². The van der Waals surface area contributed by atoms with Crippen molar-refractivity contribution in [3.8, 4) is 5.75 Å². The van der Waals surface area contributed by atoms with Crippen LogP contribution in [0.25, 0.3) is 0 Å². The van der Waals surface area contributed by atoms with Crippen molar-refractivity contribution in [2.24, 2.45) is 0 Å². The van der Waals surface area contributed by atoms with E-state index in [2.05, 4.69) is 0 Å². The van der Waals surface area contributed by atoms with Crippen LogP contribution in [0.5, 0.6) is 5.75 Å². The number of hydrogen-bond acceptors (Lipinski definition) is 4. The van der Waals surface area contributed by atoms with Gasteiger partial charge in [-0.3, -0.25) is 0 Å². The molecule has 1 N–H and O–H groups in total. The molecule has 4 nitrogen and oxygen atoms in total. The number of furan rings is 1. The van der Waals surface area contributed by atoms with Crippen LogP contribution in [0.1, 0.15) is 21.9 Å². The summed E-state index contributed by atoms with van der Waals surface area (Å²) in [6.07, 6.45) is 0. The summed E-state index contributed by atoms with van der Waals surface area (Å²) in [5.41, 5.74) is 0.642. The van der Waals surface area contributed by atoms with Crippen molar-refractivity contribution in [2.45, 2.75) is 17.6 Å². The number of rotatable bonds is 5. The van der Waals surface area contributed by atoms with Gasteiger partial charge in [-0.1, -0.05) is 12.1 Å². The van der Waals surface area contributed by atoms with Gasteiger partial charge in [0.25, 0.3) is 0 Å². The van der Waals surface area contributed by atoms with E-state index in [-0.39, 0.29) is 5.76 Å². The van der Waals surface area contributed by atoms with Crippen LogP contribution in [-0.2, 0) is 5.75 Å². The molecular formula is C14H14O4S. The molecule has 2 aromatic rings. The van der Waals surface area contributed by atoms with Crippen LogP contribution in [-0.4, -0.2) is 18.2 Å². The van der Waals surface area contributed by atoms with Crippen molar-refractivity contribution in [1.82, 2.24) is 0 Å². The Kier molecular flexibility index (Phi) is 4.16. The predicted octanol–water partition coefficient (Wildman–Crippen LogP) is 3.59. The number of carboxylic acid groups (broad SMARTS) is 1. The molecule has 0 aliphatic heterocycles. The molecule has 0 radical (unpaired) electrons. The van der Waals surface area contributed by atoms with Gasteiger partial charge in [0.15, 0.2) is 0 Å². The molecule has 0 aliphatic carbocycles. The number of methoxy groups -OCH3 is 1. The SMILES string of the molecule is COc1ccccc1SCc1cc(C)c(C(=O)O)o1. The lowest BCUT2D eigenvalue weighted by molar-refractivity contribution is 0.0659. The number of hydrogen-bond donors (Lipinski definition) is 1. The summed E-state index contributed by atoms with van der Waals surface area (Å²) < 4.78 is 10.6. The molecule has 0 bridgehead atoms. The molecule has 0 atom stereocenters. The Bertz CT molecular complexity index is 589. The number of carbonyl (C=O) groups is 1. The van der Waals surface area contributed by atoms with E-state index in [1.807, 2.05) is 24.3 Å². The smallest absolute Gasteiger partial charge is 0.372 e. The monoisotopic (exact) mass is 278 g/mol. The lowest BCUT2D eigenvalue weighted by atomic mass is 10.3. The van der Waals surface area contributed by atoms with E-state index in [1.54, 1.807) is 31.9 Å². The molecule has 0 fully saturated rings. The normalized spacial score (nSPS) is 10.4. The standard InChI is InChI=1S/C14H14O4S/c1-9-7-10(18-13(9)14(15)16)8-19-12-6-4-3-5-11(12)17-2/h3-7H,8H2,1-2H3,(H,15,16). The minimum Gasteiger partial charge on any atom is -0.496 e. The summed E-state index contributed by atoms with van der Waals surface area (Å²) in [7, 11) is 1.62. The van der Waals surface area contributed by atoms with Crippen molar-refractivity contribution in [3.63, 3.8) is 0 Å². The van der Waals surface area contributed by atoms with Crippen LogP contribution in [0.2, 0.25) is 0 Å². The van der Waals surface area contributed by atoms with Crippen LogP contribution >= 0.6 is 11.8 Å². The Morgan fingerprint density at radius 2 is 2.16 bits per heavy atom. The second-order valence-electron chi connectivity index (χ2n) is 3.97. The highest BCUT2D eigenvalue weighted by atomic mass is 32.2. The zero-order valence-electron chi connectivity index (χ0n) is 10.7. The first kappa shape index (κ1) is 13.5. The molecule has 1 heterocycles. The fourth-order valence-corrected chi connectivity index (χ4v) is 2.63. The van der Waals surface area contributed by atoms with E-state index in [0.717, 1.165) is 10.6 Å². The Morgan fingerprint density at radius 1 is 1.42 bits per heavy atom. The van der Waals surface area contributed by atoms with E-state index in [0.29, 0.717) is 17.1 Å². The lowest BCUT2D eigenvalue weighted by Gasteiger charge is -2.06. The van der Waals surface area contributed by atoms with Gasteiger partial charge < -0.3 is 14.3 Å². The van der Waals surface area contributed by atoms with Crippen molar-refractivity contribution < 1.29 is 19.1 Å². The van der Waals surface area contributed by atoms with Gasteiger partial charge in [-0.25, -0.2) is 4.79 Å². The molecule has 0 aliphatic rings. The molecule has 0 saturated carbocycles. The minimum atomic E-state index is -1.04. The van der Waals surface area contributed by atoms with E-state index in [9.17, 15) is 4.79 Å². The molecule has 1 aromatic carbocycles. The second kappa shape index (κ2) is 5.84. The molecule has 2 rings (SSSR count). The maximum Gasteiger partial charge on any atom is 0.372 e. The second-order valence-corrected chi connectivity index (χ2v) is 4.99. The summed E-state index contributed by atoms with van der Waals surface area (Å²) in [5, 5.41) is 8.93. The van der Waals surface area contributed by atoms with Gasteiger partial charge in [0.05, 0.1) is 12.9 Å². The topological polar surface area (TPSA) is 59.7 Å². The van der Waals surface area contributed by atoms with Crippen molar-refractivity contribution >= 4 is 17.7 Å². The molecule has 19 heavy (non-hydrogen) atoms. The lowest BCUT2D eigenvalue weighted by Crippen LogP contribution is -1.94. The third kappa shape index (κ3) is 3.12. The number of para-hydroxylation sites is 1. The van der Waals surface area contributed by atoms with E-state index < -0.39 is 5.97 Å². The van der Waals surface area contributed by atoms with E-state index >= 15 is 0 Å². The first-order valence-corrected chi connectivity index (χ1v) is 6.69. The number of benzene rings is 1. The summed E-state index contributed by atoms with van der Waals surface area (Å²) in [4.78, 5) is 11.9. The molecular weight excluding hydrogens is 264 g/mol. The average molecular weight is 278 g/mol. The number of aromatic carboxylic acids is 1. The Morgan fingerprint density at radius 3 is 2.79 bits per heavy atom. The Balaban J connectivity index is 2.10. The van der Waals surface area contributed by atoms with Crippen LogP contribution < -0.4 is 4.74 Å². The predicted molar refractivity (Wildman–Crippen MR) is 73.0 cm³/mol. The van der Waals surface area contributed by atoms with Crippen LogP contribution in [0.3, 0.4) is 0 Å². The maximum absolute atomic E-state index is 10.9. The molecule has 0 saturated heterocycles. The Hall–Kier alpha value is -1.88. The van der Waals surface area contributed by atoms with Gasteiger partial charge in [0.1, 0.15) is 11.5 Å². The Labute approximate surface area is 115 Å². The third-order valence-electron chi connectivity index (χ3n) is 2.60. The van der Waals surface area contributed by atoms with Gasteiger partial charge in [-0.05, 0) is 25.1 Å². The number of thioether (sulfide) groups is 1. The van der Waals surface area contributed by atoms with Crippen LogP contribution in [0, 0.1) is 6.92 Å². The zero-order valence-corrected chi connectivity index (χ0v) is 11.5. The fourth-order valence-electron chi connectivity index (χ4n) is 1.72. The molecule has 0 spiro atoms. The number of carboxylic acids is 1. The quantitative estimate of drug-likeness (QED) is 0.847. The van der Waals surface area contributed by atoms with E-state index in [1.165, 1.54) is 0 Å². The first-order valence-electron chi connectivity index (χ1n) is 5.70. The number of ether oxygens (including phenoxy) is 1. The van der Waals surface area contributed by atoms with Crippen molar-refractivity contribution in [1.29, 1.82) is 0 Å². The third-order valence-corrected chi connectivity index (χ3v) is 3.68. The largest absolute Gasteiger partial charge is 0.496 e. The first-order chi connectivity index (χ1) is 9.11.